The summed E-state index contributed by atoms with van der Waals surface area (Å²) in [5.74, 6) is 0.944. The van der Waals surface area contributed by atoms with Crippen molar-refractivity contribution in [2.45, 2.75) is 232 Å². The molecule has 4 aromatic carbocycles. The van der Waals surface area contributed by atoms with Crippen molar-refractivity contribution in [3.05, 3.63) is 96.1 Å². The van der Waals surface area contributed by atoms with Crippen molar-refractivity contribution in [2.24, 2.45) is 0 Å². The molecule has 12 heteroatoms. The Morgan fingerprint density at radius 2 is 0.671 bits per heavy atom. The fourth-order valence-electron chi connectivity index (χ4n) is 8.96. The van der Waals surface area contributed by atoms with Crippen LogP contribution in [0.1, 0.15) is 230 Å². The van der Waals surface area contributed by atoms with Gasteiger partial charge >= 0.3 is 23.9 Å². The molecule has 0 aliphatic carbocycles. The number of hydrogen-bond acceptors (Lipinski definition) is 12. The van der Waals surface area contributed by atoms with Crippen LogP contribution in [0.25, 0.3) is 10.8 Å². The van der Waals surface area contributed by atoms with E-state index in [0.29, 0.717) is 60.2 Å². The Morgan fingerprint density at radius 3 is 1.03 bits per heavy atom. The Balaban J connectivity index is 1.04. The van der Waals surface area contributed by atoms with Gasteiger partial charge in [0.25, 0.3) is 0 Å². The van der Waals surface area contributed by atoms with Crippen molar-refractivity contribution in [1.29, 1.82) is 0 Å². The van der Waals surface area contributed by atoms with E-state index in [2.05, 4.69) is 0 Å². The number of aliphatic hydroxyl groups is 2. The molecule has 0 spiro atoms. The van der Waals surface area contributed by atoms with E-state index >= 15 is 0 Å². The number of rotatable bonds is 38. The van der Waals surface area contributed by atoms with Crippen LogP contribution in [0.5, 0.6) is 23.0 Å². The number of fused-ring (bicyclic) bond motifs is 1. The van der Waals surface area contributed by atoms with Gasteiger partial charge in [0, 0.05) is 12.8 Å². The summed E-state index contributed by atoms with van der Waals surface area (Å²) in [6, 6.07) is 24.5. The molecule has 0 saturated carbocycles. The second-order valence-electron chi connectivity index (χ2n) is 23.2. The molecule has 420 valence electrons. The normalized spacial score (nSPS) is 12.1. The van der Waals surface area contributed by atoms with E-state index < -0.39 is 34.3 Å². The Kier molecular flexibility index (Phi) is 26.8. The van der Waals surface area contributed by atoms with Gasteiger partial charge in [-0.3, -0.25) is 9.59 Å². The first-order valence-electron chi connectivity index (χ1n) is 28.4. The second-order valence-corrected chi connectivity index (χ2v) is 23.2. The largest absolute Gasteiger partial charge is 0.494 e. The quantitative estimate of drug-likeness (QED) is 0.0248. The topological polar surface area (TPSA) is 164 Å². The molecule has 0 radical (unpaired) electrons. The number of carbonyl (C=O) groups is 4. The lowest BCUT2D eigenvalue weighted by Gasteiger charge is -2.25. The van der Waals surface area contributed by atoms with Gasteiger partial charge in [-0.15, -0.1) is 0 Å². The standard InChI is InChI=1S/C64H92O12/c1-61(2,69)41-21-17-19-27-57(65)75-63(5,6)43-23-13-9-11-15-25-45-71-53-35-29-49(30-36-53)59(67)73-55-39-33-52-48-56(40-34-51(52)47-55)74-60(68)50-31-37-54(38-32-50)72-46-26-16-12-10-14-24-44-64(7,8)76-58(66)28-20-18-22-42-62(3,4)70/h29-40,47-48,69-70H,9-28,41-46H2,1-8H3. The third-order valence-electron chi connectivity index (χ3n) is 13.4. The molecule has 0 heterocycles. The Hall–Kier alpha value is -5.46. The van der Waals surface area contributed by atoms with Crippen LogP contribution in [0, 0.1) is 0 Å². The fraction of sp³-hybridized carbons (Fsp3) is 0.594. The lowest BCUT2D eigenvalue weighted by Crippen LogP contribution is -2.28. The molecule has 0 atom stereocenters. The van der Waals surface area contributed by atoms with Crippen LogP contribution in [-0.2, 0) is 19.1 Å². The molecule has 76 heavy (non-hydrogen) atoms. The van der Waals surface area contributed by atoms with Crippen molar-refractivity contribution in [1.82, 2.24) is 0 Å². The highest BCUT2D eigenvalue weighted by atomic mass is 16.6. The number of unbranched alkanes of at least 4 members (excludes halogenated alkanes) is 14. The number of carbonyl (C=O) groups excluding carboxylic acids is 4. The minimum atomic E-state index is -0.656. The van der Waals surface area contributed by atoms with E-state index in [0.717, 1.165) is 152 Å². The number of esters is 4. The maximum Gasteiger partial charge on any atom is 0.343 e. The van der Waals surface area contributed by atoms with E-state index in [1.165, 1.54) is 0 Å². The van der Waals surface area contributed by atoms with Crippen molar-refractivity contribution >= 4 is 34.6 Å². The van der Waals surface area contributed by atoms with Crippen LogP contribution in [0.3, 0.4) is 0 Å². The summed E-state index contributed by atoms with van der Waals surface area (Å²) in [5.41, 5.74) is -1.42. The van der Waals surface area contributed by atoms with Gasteiger partial charge in [0.2, 0.25) is 0 Å². The molecule has 0 aliphatic rings. The van der Waals surface area contributed by atoms with Gasteiger partial charge in [0.15, 0.2) is 0 Å². The van der Waals surface area contributed by atoms with Gasteiger partial charge in [-0.1, -0.05) is 89.2 Å². The number of ether oxygens (including phenoxy) is 6. The average Bonchev–Trinajstić information content (AvgIpc) is 3.34. The van der Waals surface area contributed by atoms with E-state index in [-0.39, 0.29) is 11.9 Å². The molecule has 12 nitrogen and oxygen atoms in total. The van der Waals surface area contributed by atoms with Crippen molar-refractivity contribution in [3.8, 4) is 23.0 Å². The van der Waals surface area contributed by atoms with Gasteiger partial charge in [-0.05, 0) is 203 Å². The van der Waals surface area contributed by atoms with Crippen LogP contribution in [0.2, 0.25) is 0 Å². The summed E-state index contributed by atoms with van der Waals surface area (Å²) >= 11 is 0. The minimum Gasteiger partial charge on any atom is -0.494 e. The molecule has 0 fully saturated rings. The van der Waals surface area contributed by atoms with Crippen molar-refractivity contribution in [3.63, 3.8) is 0 Å². The highest BCUT2D eigenvalue weighted by molar-refractivity contribution is 5.94. The highest BCUT2D eigenvalue weighted by Crippen LogP contribution is 2.28. The Labute approximate surface area is 454 Å². The molecule has 4 aromatic rings. The molecule has 2 N–H and O–H groups in total. The highest BCUT2D eigenvalue weighted by Gasteiger charge is 2.24. The zero-order valence-corrected chi connectivity index (χ0v) is 47.4. The van der Waals surface area contributed by atoms with Gasteiger partial charge in [-0.2, -0.15) is 0 Å². The SMILES string of the molecule is CC(C)(O)CCCCCC(=O)OC(C)(C)CCCCCCCCOc1ccc(C(=O)Oc2ccc3cc(OC(=O)c4ccc(OCCCCCCCCC(C)(C)OC(=O)CCCCCC(C)(C)O)cc4)ccc3c2)cc1. The van der Waals surface area contributed by atoms with Crippen LogP contribution in [0.15, 0.2) is 84.9 Å². The van der Waals surface area contributed by atoms with Gasteiger partial charge in [0.05, 0.1) is 35.5 Å². The monoisotopic (exact) mass is 1050 g/mol. The summed E-state index contributed by atoms with van der Waals surface area (Å²) in [6.07, 6.45) is 21.8. The van der Waals surface area contributed by atoms with Gasteiger partial charge in [-0.25, -0.2) is 9.59 Å². The first-order chi connectivity index (χ1) is 36.0. The molecule has 0 unspecified atom stereocenters. The predicted octanol–water partition coefficient (Wildman–Crippen LogP) is 15.6. The number of benzene rings is 4. The van der Waals surface area contributed by atoms with Crippen LogP contribution in [-0.4, -0.2) is 69.7 Å². The molecular weight excluding hydrogens is 961 g/mol. The van der Waals surface area contributed by atoms with E-state index in [4.69, 9.17) is 28.4 Å². The van der Waals surface area contributed by atoms with Gasteiger partial charge in [0.1, 0.15) is 34.2 Å². The van der Waals surface area contributed by atoms with Crippen molar-refractivity contribution in [2.75, 3.05) is 13.2 Å². The molecule has 0 saturated heterocycles. The zero-order valence-electron chi connectivity index (χ0n) is 47.4. The molecule has 0 aromatic heterocycles. The van der Waals surface area contributed by atoms with E-state index in [1.54, 1.807) is 72.8 Å². The smallest absolute Gasteiger partial charge is 0.343 e. The number of hydrogen-bond donors (Lipinski definition) is 2. The Morgan fingerprint density at radius 1 is 0.368 bits per heavy atom. The first-order valence-corrected chi connectivity index (χ1v) is 28.4. The van der Waals surface area contributed by atoms with Crippen LogP contribution in [0.4, 0.5) is 0 Å². The minimum absolute atomic E-state index is 0.139. The molecule has 0 aliphatic heterocycles. The van der Waals surface area contributed by atoms with E-state index in [9.17, 15) is 29.4 Å². The predicted molar refractivity (Wildman–Crippen MR) is 301 cm³/mol. The van der Waals surface area contributed by atoms with Gasteiger partial charge < -0.3 is 38.6 Å². The maximum atomic E-state index is 13.0. The first kappa shape index (κ1) is 63.1. The molecule has 0 amide bonds. The molecule has 4 rings (SSSR count). The third-order valence-corrected chi connectivity index (χ3v) is 13.4. The Bertz CT molecular complexity index is 2170. The second kappa shape index (κ2) is 32.3. The average molecular weight is 1050 g/mol. The van der Waals surface area contributed by atoms with Crippen molar-refractivity contribution < 1.29 is 57.8 Å². The summed E-state index contributed by atoms with van der Waals surface area (Å²) in [4.78, 5) is 50.7. The van der Waals surface area contributed by atoms with Crippen LogP contribution >= 0.6 is 0 Å². The maximum absolute atomic E-state index is 13.0. The fourth-order valence-corrected chi connectivity index (χ4v) is 8.96. The third kappa shape index (κ3) is 27.5. The molecule has 0 bridgehead atoms. The zero-order chi connectivity index (χ0) is 55.5. The summed E-state index contributed by atoms with van der Waals surface area (Å²) in [5, 5.41) is 21.3. The lowest BCUT2D eigenvalue weighted by molar-refractivity contribution is -0.158. The summed E-state index contributed by atoms with van der Waals surface area (Å²) < 4.78 is 34.8. The van der Waals surface area contributed by atoms with Crippen LogP contribution < -0.4 is 18.9 Å². The van der Waals surface area contributed by atoms with E-state index in [1.807, 2.05) is 67.5 Å². The summed E-state index contributed by atoms with van der Waals surface area (Å²) in [6.45, 7) is 16.4. The lowest BCUT2D eigenvalue weighted by atomic mass is 9.99. The summed E-state index contributed by atoms with van der Waals surface area (Å²) in [7, 11) is 0. The molecular formula is C64H92O12.